The standard InChI is InChI=1S/C18H14N4O/c1-11-21-15-8-13-14(9-17(15)23-11)19-10-20-18(13)22-7-6-12-4-2-3-5-16(12)22/h2-5,8-10H,6-7H2,1H3. The smallest absolute Gasteiger partial charge is 0.192 e. The number of oxazole rings is 1. The molecule has 3 heterocycles. The zero-order valence-electron chi connectivity index (χ0n) is 12.7. The quantitative estimate of drug-likeness (QED) is 0.535. The molecule has 0 radical (unpaired) electrons. The van der Waals surface area contributed by atoms with Crippen molar-refractivity contribution in [2.75, 3.05) is 11.4 Å². The maximum Gasteiger partial charge on any atom is 0.192 e. The summed E-state index contributed by atoms with van der Waals surface area (Å²) in [6, 6.07) is 12.4. The first-order valence-corrected chi connectivity index (χ1v) is 7.67. The van der Waals surface area contributed by atoms with Gasteiger partial charge in [-0.25, -0.2) is 15.0 Å². The van der Waals surface area contributed by atoms with Crippen LogP contribution >= 0.6 is 0 Å². The van der Waals surface area contributed by atoms with Crippen molar-refractivity contribution < 1.29 is 4.42 Å². The highest BCUT2D eigenvalue weighted by Gasteiger charge is 2.23. The van der Waals surface area contributed by atoms with Crippen LogP contribution in [0.5, 0.6) is 0 Å². The maximum atomic E-state index is 5.61. The van der Waals surface area contributed by atoms with Gasteiger partial charge in [0.1, 0.15) is 17.7 Å². The zero-order chi connectivity index (χ0) is 15.4. The molecule has 2 aromatic carbocycles. The number of fused-ring (bicyclic) bond motifs is 3. The molecule has 112 valence electrons. The van der Waals surface area contributed by atoms with E-state index >= 15 is 0 Å². The molecule has 0 spiro atoms. The molecule has 0 bridgehead atoms. The summed E-state index contributed by atoms with van der Waals surface area (Å²) in [5.41, 5.74) is 5.07. The average molecular weight is 302 g/mol. The molecule has 0 unspecified atom stereocenters. The highest BCUT2D eigenvalue weighted by atomic mass is 16.3. The molecule has 0 fully saturated rings. The minimum absolute atomic E-state index is 0.663. The Labute approximate surface area is 132 Å². The van der Waals surface area contributed by atoms with Gasteiger partial charge in [0.05, 0.1) is 5.52 Å². The lowest BCUT2D eigenvalue weighted by atomic mass is 10.1. The lowest BCUT2D eigenvalue weighted by Crippen LogP contribution is -2.15. The first kappa shape index (κ1) is 12.6. The van der Waals surface area contributed by atoms with Gasteiger partial charge in [-0.2, -0.15) is 0 Å². The molecule has 0 amide bonds. The molecule has 5 heteroatoms. The summed E-state index contributed by atoms with van der Waals surface area (Å²) in [7, 11) is 0. The minimum atomic E-state index is 0.663. The number of aryl methyl sites for hydroxylation is 1. The van der Waals surface area contributed by atoms with E-state index in [1.54, 1.807) is 6.33 Å². The third kappa shape index (κ3) is 1.83. The summed E-state index contributed by atoms with van der Waals surface area (Å²) in [5, 5.41) is 1.00. The van der Waals surface area contributed by atoms with E-state index < -0.39 is 0 Å². The third-order valence-electron chi connectivity index (χ3n) is 4.37. The Morgan fingerprint density at radius 1 is 1.09 bits per heavy atom. The zero-order valence-corrected chi connectivity index (χ0v) is 12.7. The Kier molecular flexibility index (Phi) is 2.47. The highest BCUT2D eigenvalue weighted by Crippen LogP contribution is 2.37. The van der Waals surface area contributed by atoms with Crippen LogP contribution in [0, 0.1) is 6.92 Å². The fourth-order valence-electron chi connectivity index (χ4n) is 3.35. The lowest BCUT2D eigenvalue weighted by molar-refractivity contribution is 0.561. The van der Waals surface area contributed by atoms with Crippen molar-refractivity contribution in [3.05, 3.63) is 54.2 Å². The molecule has 1 aliphatic rings. The van der Waals surface area contributed by atoms with Crippen molar-refractivity contribution in [3.63, 3.8) is 0 Å². The predicted octanol–water partition coefficient (Wildman–Crippen LogP) is 3.77. The van der Waals surface area contributed by atoms with Crippen LogP contribution < -0.4 is 4.90 Å². The molecule has 0 aliphatic carbocycles. The fraction of sp³-hybridized carbons (Fsp3) is 0.167. The Morgan fingerprint density at radius 3 is 2.96 bits per heavy atom. The fourth-order valence-corrected chi connectivity index (χ4v) is 3.35. The summed E-state index contributed by atoms with van der Waals surface area (Å²) in [5.74, 6) is 1.60. The lowest BCUT2D eigenvalue weighted by Gasteiger charge is -2.19. The Balaban J connectivity index is 1.77. The van der Waals surface area contributed by atoms with Gasteiger partial charge in [-0.05, 0) is 24.1 Å². The summed E-state index contributed by atoms with van der Waals surface area (Å²) in [4.78, 5) is 15.7. The summed E-state index contributed by atoms with van der Waals surface area (Å²) in [6.07, 6.45) is 2.65. The van der Waals surface area contributed by atoms with Crippen LogP contribution in [0.25, 0.3) is 22.0 Å². The van der Waals surface area contributed by atoms with Crippen LogP contribution in [0.1, 0.15) is 11.5 Å². The van der Waals surface area contributed by atoms with Gasteiger partial charge in [-0.1, -0.05) is 18.2 Å². The van der Waals surface area contributed by atoms with E-state index in [0.717, 1.165) is 40.8 Å². The summed E-state index contributed by atoms with van der Waals surface area (Å²) < 4.78 is 5.61. The molecule has 0 saturated carbocycles. The monoisotopic (exact) mass is 302 g/mol. The van der Waals surface area contributed by atoms with Crippen molar-refractivity contribution >= 4 is 33.5 Å². The topological polar surface area (TPSA) is 55.1 Å². The minimum Gasteiger partial charge on any atom is -0.441 e. The van der Waals surface area contributed by atoms with E-state index in [2.05, 4.69) is 44.1 Å². The normalized spacial score (nSPS) is 13.9. The second kappa shape index (κ2) is 4.52. The number of hydrogen-bond acceptors (Lipinski definition) is 5. The van der Waals surface area contributed by atoms with E-state index in [9.17, 15) is 0 Å². The van der Waals surface area contributed by atoms with E-state index in [1.165, 1.54) is 11.3 Å². The largest absolute Gasteiger partial charge is 0.441 e. The highest BCUT2D eigenvalue weighted by molar-refractivity contribution is 5.99. The van der Waals surface area contributed by atoms with Crippen molar-refractivity contribution in [2.45, 2.75) is 13.3 Å². The van der Waals surface area contributed by atoms with Gasteiger partial charge < -0.3 is 9.32 Å². The van der Waals surface area contributed by atoms with E-state index in [0.29, 0.717) is 5.89 Å². The third-order valence-corrected chi connectivity index (χ3v) is 4.37. The molecule has 1 aliphatic heterocycles. The molecule has 2 aromatic heterocycles. The van der Waals surface area contributed by atoms with Crippen LogP contribution in [0.2, 0.25) is 0 Å². The van der Waals surface area contributed by atoms with E-state index in [4.69, 9.17) is 4.42 Å². The van der Waals surface area contributed by atoms with Crippen LogP contribution in [0.3, 0.4) is 0 Å². The van der Waals surface area contributed by atoms with Gasteiger partial charge in [0, 0.05) is 30.6 Å². The number of nitrogens with zero attached hydrogens (tertiary/aromatic N) is 4. The van der Waals surface area contributed by atoms with Crippen molar-refractivity contribution in [2.24, 2.45) is 0 Å². The Bertz CT molecular complexity index is 1050. The number of aromatic nitrogens is 3. The van der Waals surface area contributed by atoms with Gasteiger partial charge in [0.25, 0.3) is 0 Å². The van der Waals surface area contributed by atoms with Gasteiger partial charge in [-0.15, -0.1) is 0 Å². The molecule has 0 N–H and O–H groups in total. The predicted molar refractivity (Wildman–Crippen MR) is 89.0 cm³/mol. The summed E-state index contributed by atoms with van der Waals surface area (Å²) in [6.45, 7) is 2.79. The van der Waals surface area contributed by atoms with Gasteiger partial charge in [0.2, 0.25) is 0 Å². The number of rotatable bonds is 1. The van der Waals surface area contributed by atoms with Crippen LogP contribution in [-0.2, 0) is 6.42 Å². The van der Waals surface area contributed by atoms with Gasteiger partial charge >= 0.3 is 0 Å². The number of benzene rings is 2. The first-order chi connectivity index (χ1) is 11.3. The molecule has 23 heavy (non-hydrogen) atoms. The van der Waals surface area contributed by atoms with Gasteiger partial charge in [-0.3, -0.25) is 0 Å². The first-order valence-electron chi connectivity index (χ1n) is 7.67. The van der Waals surface area contributed by atoms with E-state index in [-0.39, 0.29) is 0 Å². The number of anilines is 2. The van der Waals surface area contributed by atoms with E-state index in [1.807, 2.05) is 19.1 Å². The number of para-hydroxylation sites is 1. The molecular weight excluding hydrogens is 288 g/mol. The Hall–Kier alpha value is -2.95. The van der Waals surface area contributed by atoms with Crippen LogP contribution in [-0.4, -0.2) is 21.5 Å². The molecular formula is C18H14N4O. The number of hydrogen-bond donors (Lipinski definition) is 0. The van der Waals surface area contributed by atoms with Gasteiger partial charge in [0.15, 0.2) is 11.5 Å². The molecule has 5 nitrogen and oxygen atoms in total. The Morgan fingerprint density at radius 2 is 2.00 bits per heavy atom. The SMILES string of the molecule is Cc1nc2cc3c(N4CCc5ccccc54)ncnc3cc2o1. The molecule has 0 saturated heterocycles. The van der Waals surface area contributed by atoms with Crippen LogP contribution in [0.15, 0.2) is 47.1 Å². The second-order valence-electron chi connectivity index (χ2n) is 5.80. The van der Waals surface area contributed by atoms with Crippen molar-refractivity contribution in [1.82, 2.24) is 15.0 Å². The molecule has 0 atom stereocenters. The molecule has 5 rings (SSSR count). The van der Waals surface area contributed by atoms with Crippen LogP contribution in [0.4, 0.5) is 11.5 Å². The second-order valence-corrected chi connectivity index (χ2v) is 5.80. The van der Waals surface area contributed by atoms with Crippen molar-refractivity contribution in [3.8, 4) is 0 Å². The molecule has 4 aromatic rings. The maximum absolute atomic E-state index is 5.61. The summed E-state index contributed by atoms with van der Waals surface area (Å²) >= 11 is 0. The van der Waals surface area contributed by atoms with Crippen molar-refractivity contribution in [1.29, 1.82) is 0 Å². The average Bonchev–Trinajstić information content (AvgIpc) is 3.14.